The fourth-order valence-electron chi connectivity index (χ4n) is 3.45. The van der Waals surface area contributed by atoms with Gasteiger partial charge in [0.15, 0.2) is 5.96 Å². The highest BCUT2D eigenvalue weighted by Crippen LogP contribution is 2.13. The van der Waals surface area contributed by atoms with E-state index in [2.05, 4.69) is 39.0 Å². The number of nitrogens with one attached hydrogen (secondary N) is 1. The van der Waals surface area contributed by atoms with E-state index < -0.39 is 0 Å². The van der Waals surface area contributed by atoms with Gasteiger partial charge in [0, 0.05) is 52.9 Å². The second-order valence-electron chi connectivity index (χ2n) is 6.61. The van der Waals surface area contributed by atoms with Crippen LogP contribution in [0, 0.1) is 0 Å². The maximum atomic E-state index is 5.73. The van der Waals surface area contributed by atoms with Gasteiger partial charge in [-0.1, -0.05) is 0 Å². The van der Waals surface area contributed by atoms with E-state index in [1.165, 1.54) is 32.6 Å². The third-order valence-corrected chi connectivity index (χ3v) is 4.88. The largest absolute Gasteiger partial charge is 0.378 e. The van der Waals surface area contributed by atoms with Gasteiger partial charge in [-0.15, -0.1) is 0 Å². The summed E-state index contributed by atoms with van der Waals surface area (Å²) in [5.74, 6) is 1.05. The van der Waals surface area contributed by atoms with E-state index in [1.54, 1.807) is 0 Å². The molecule has 6 heteroatoms. The molecule has 0 aliphatic carbocycles. The second-order valence-corrected chi connectivity index (χ2v) is 6.61. The molecule has 0 spiro atoms. The molecule has 6 nitrogen and oxygen atoms in total. The highest BCUT2D eigenvalue weighted by molar-refractivity contribution is 5.79. The summed E-state index contributed by atoms with van der Waals surface area (Å²) in [5, 5.41) is 3.54. The lowest BCUT2D eigenvalue weighted by molar-refractivity contribution is 0.0263. The topological polar surface area (TPSA) is 43.3 Å². The van der Waals surface area contributed by atoms with E-state index in [9.17, 15) is 0 Å². The summed E-state index contributed by atoms with van der Waals surface area (Å²) in [5.41, 5.74) is 0. The number of likely N-dealkylation sites (N-methyl/N-ethyl adjacent to an activating group) is 1. The Kier molecular flexibility index (Phi) is 8.12. The molecule has 0 saturated carbocycles. The van der Waals surface area contributed by atoms with Crippen molar-refractivity contribution < 1.29 is 4.74 Å². The predicted molar refractivity (Wildman–Crippen MR) is 96.1 cm³/mol. The average molecular weight is 326 g/mol. The van der Waals surface area contributed by atoms with Crippen molar-refractivity contribution in [2.24, 2.45) is 4.99 Å². The van der Waals surface area contributed by atoms with Crippen molar-refractivity contribution in [3.63, 3.8) is 0 Å². The van der Waals surface area contributed by atoms with E-state index in [0.29, 0.717) is 6.10 Å². The number of ether oxygens (including phenoxy) is 1. The summed E-state index contributed by atoms with van der Waals surface area (Å²) in [7, 11) is 4.10. The van der Waals surface area contributed by atoms with Crippen LogP contribution >= 0.6 is 0 Å². The van der Waals surface area contributed by atoms with Gasteiger partial charge >= 0.3 is 0 Å². The number of nitrogens with zero attached hydrogens (tertiary/aromatic N) is 4. The average Bonchev–Trinajstić information content (AvgIpc) is 2.77. The molecule has 0 aromatic carbocycles. The zero-order valence-electron chi connectivity index (χ0n) is 15.3. The third-order valence-electron chi connectivity index (χ3n) is 4.88. The number of hydrogen-bond donors (Lipinski definition) is 1. The Balaban J connectivity index is 1.67. The molecule has 2 rings (SSSR count). The molecular formula is C17H35N5O. The van der Waals surface area contributed by atoms with Gasteiger partial charge in [0.05, 0.1) is 6.10 Å². The predicted octanol–water partition coefficient (Wildman–Crippen LogP) is 0.700. The van der Waals surface area contributed by atoms with Crippen molar-refractivity contribution in [1.82, 2.24) is 20.0 Å². The third kappa shape index (κ3) is 6.28. The molecule has 0 unspecified atom stereocenters. The Hall–Kier alpha value is -0.850. The van der Waals surface area contributed by atoms with Crippen LogP contribution in [0.25, 0.3) is 0 Å². The minimum absolute atomic E-state index is 0.434. The first kappa shape index (κ1) is 18.5. The molecule has 2 saturated heterocycles. The molecule has 0 amide bonds. The van der Waals surface area contributed by atoms with Crippen molar-refractivity contribution in [3.8, 4) is 0 Å². The molecule has 23 heavy (non-hydrogen) atoms. The van der Waals surface area contributed by atoms with Crippen LogP contribution in [0.4, 0.5) is 0 Å². The normalized spacial score (nSPS) is 23.1. The fraction of sp³-hybridized carbons (Fsp3) is 0.941. The lowest BCUT2D eigenvalue weighted by atomic mass is 10.1. The lowest BCUT2D eigenvalue weighted by Gasteiger charge is -2.34. The van der Waals surface area contributed by atoms with E-state index >= 15 is 0 Å². The highest BCUT2D eigenvalue weighted by atomic mass is 16.5. The number of aliphatic imine (C=N–C) groups is 1. The van der Waals surface area contributed by atoms with Gasteiger partial charge in [-0.2, -0.15) is 0 Å². The summed E-state index contributed by atoms with van der Waals surface area (Å²) in [4.78, 5) is 11.8. The van der Waals surface area contributed by atoms with Crippen LogP contribution in [-0.4, -0.2) is 99.8 Å². The van der Waals surface area contributed by atoms with Gasteiger partial charge in [0.25, 0.3) is 0 Å². The summed E-state index contributed by atoms with van der Waals surface area (Å²) in [6, 6.07) is 0. The van der Waals surface area contributed by atoms with Crippen molar-refractivity contribution in [2.75, 3.05) is 73.1 Å². The summed E-state index contributed by atoms with van der Waals surface area (Å²) in [6.07, 6.45) is 3.92. The molecule has 0 aromatic rings. The van der Waals surface area contributed by atoms with Crippen molar-refractivity contribution >= 4 is 5.96 Å². The number of piperidine rings is 1. The van der Waals surface area contributed by atoms with Crippen molar-refractivity contribution in [2.45, 2.75) is 32.3 Å². The van der Waals surface area contributed by atoms with Crippen LogP contribution in [-0.2, 0) is 4.74 Å². The monoisotopic (exact) mass is 325 g/mol. The van der Waals surface area contributed by atoms with Gasteiger partial charge < -0.3 is 24.8 Å². The van der Waals surface area contributed by atoms with E-state index in [1.807, 2.05) is 7.05 Å². The van der Waals surface area contributed by atoms with Gasteiger partial charge in [-0.05, 0) is 46.3 Å². The molecular weight excluding hydrogens is 290 g/mol. The number of guanidine groups is 1. The molecule has 2 fully saturated rings. The van der Waals surface area contributed by atoms with Crippen LogP contribution in [0.3, 0.4) is 0 Å². The quantitative estimate of drug-likeness (QED) is 0.595. The molecule has 0 bridgehead atoms. The Morgan fingerprint density at radius 2 is 1.91 bits per heavy atom. The van der Waals surface area contributed by atoms with E-state index in [4.69, 9.17) is 4.74 Å². The van der Waals surface area contributed by atoms with Gasteiger partial charge in [-0.3, -0.25) is 4.99 Å². The first-order chi connectivity index (χ1) is 11.2. The molecule has 0 radical (unpaired) electrons. The first-order valence-electron chi connectivity index (χ1n) is 9.21. The van der Waals surface area contributed by atoms with Crippen molar-refractivity contribution in [1.29, 1.82) is 0 Å². The van der Waals surface area contributed by atoms with Crippen LogP contribution in [0.5, 0.6) is 0 Å². The zero-order chi connectivity index (χ0) is 16.5. The standard InChI is InChI=1S/C17H35N5O/c1-4-23-16-6-11-22(12-7-16)17(18-2)19-8-13-21-10-5-9-20(3)14-15-21/h16H,4-15H2,1-3H3,(H,18,19). The fourth-order valence-corrected chi connectivity index (χ4v) is 3.45. The molecule has 0 aromatic heterocycles. The van der Waals surface area contributed by atoms with Crippen LogP contribution in [0.1, 0.15) is 26.2 Å². The molecule has 2 heterocycles. The van der Waals surface area contributed by atoms with Gasteiger partial charge in [-0.25, -0.2) is 0 Å². The molecule has 134 valence electrons. The minimum Gasteiger partial charge on any atom is -0.378 e. The van der Waals surface area contributed by atoms with E-state index in [0.717, 1.165) is 51.6 Å². The number of hydrogen-bond acceptors (Lipinski definition) is 4. The highest BCUT2D eigenvalue weighted by Gasteiger charge is 2.21. The van der Waals surface area contributed by atoms with Gasteiger partial charge in [0.1, 0.15) is 0 Å². The Morgan fingerprint density at radius 3 is 2.61 bits per heavy atom. The van der Waals surface area contributed by atoms with Crippen LogP contribution in [0.2, 0.25) is 0 Å². The number of rotatable bonds is 5. The van der Waals surface area contributed by atoms with Crippen LogP contribution < -0.4 is 5.32 Å². The van der Waals surface area contributed by atoms with Crippen molar-refractivity contribution in [3.05, 3.63) is 0 Å². The molecule has 2 aliphatic rings. The maximum Gasteiger partial charge on any atom is 0.193 e. The minimum atomic E-state index is 0.434. The Morgan fingerprint density at radius 1 is 1.13 bits per heavy atom. The number of likely N-dealkylation sites (tertiary alicyclic amines) is 1. The van der Waals surface area contributed by atoms with Crippen LogP contribution in [0.15, 0.2) is 4.99 Å². The molecule has 1 N–H and O–H groups in total. The summed E-state index contributed by atoms with van der Waals surface area (Å²) >= 11 is 0. The van der Waals surface area contributed by atoms with E-state index in [-0.39, 0.29) is 0 Å². The second kappa shape index (κ2) is 10.1. The first-order valence-corrected chi connectivity index (χ1v) is 9.21. The van der Waals surface area contributed by atoms with Gasteiger partial charge in [0.2, 0.25) is 0 Å². The zero-order valence-corrected chi connectivity index (χ0v) is 15.3. The summed E-state index contributed by atoms with van der Waals surface area (Å²) in [6.45, 7) is 11.8. The molecule has 0 atom stereocenters. The molecule has 2 aliphatic heterocycles. The Labute approximate surface area is 141 Å². The lowest BCUT2D eigenvalue weighted by Crippen LogP contribution is -2.48. The SMILES string of the molecule is CCOC1CCN(C(=NC)NCCN2CCCN(C)CC2)CC1. The summed E-state index contributed by atoms with van der Waals surface area (Å²) < 4.78 is 5.73. The maximum absolute atomic E-state index is 5.73. The Bertz CT molecular complexity index is 355. The smallest absolute Gasteiger partial charge is 0.193 e.